The Bertz CT molecular complexity index is 758. The molecule has 0 aliphatic rings. The number of aromatic nitrogens is 1. The molecule has 1 unspecified atom stereocenters. The first kappa shape index (κ1) is 17.5. The number of hydrogen-bond acceptors (Lipinski definition) is 4. The van der Waals surface area contributed by atoms with Crippen LogP contribution in [0.1, 0.15) is 39.0 Å². The highest BCUT2D eigenvalue weighted by molar-refractivity contribution is 5.94. The molecule has 0 radical (unpaired) electrons. The van der Waals surface area contributed by atoms with Crippen LogP contribution in [0.15, 0.2) is 36.4 Å². The molecule has 0 aliphatic carbocycles. The number of benzene rings is 1. The molecule has 6 heteroatoms. The molecule has 24 heavy (non-hydrogen) atoms. The second kappa shape index (κ2) is 7.59. The third-order valence-electron chi connectivity index (χ3n) is 3.60. The molecule has 1 atom stereocenters. The molecule has 0 bridgehead atoms. The van der Waals surface area contributed by atoms with Gasteiger partial charge in [0, 0.05) is 6.04 Å². The van der Waals surface area contributed by atoms with E-state index >= 15 is 0 Å². The number of methoxy groups -OCH3 is 1. The van der Waals surface area contributed by atoms with Crippen molar-refractivity contribution in [2.45, 2.75) is 26.3 Å². The Kier molecular flexibility index (Phi) is 5.52. The number of aryl methyl sites for hydroxylation is 1. The van der Waals surface area contributed by atoms with Gasteiger partial charge in [-0.2, -0.15) is 0 Å². The van der Waals surface area contributed by atoms with Crippen LogP contribution in [-0.2, 0) is 6.42 Å². The number of hydrogen-bond donors (Lipinski definition) is 2. The van der Waals surface area contributed by atoms with Crippen molar-refractivity contribution in [3.8, 4) is 5.75 Å². The lowest BCUT2D eigenvalue weighted by molar-refractivity contribution is 0.0694. The van der Waals surface area contributed by atoms with E-state index in [-0.39, 0.29) is 23.2 Å². The number of aromatic carboxylic acids is 1. The number of ether oxygens (including phenoxy) is 1. The van der Waals surface area contributed by atoms with Gasteiger partial charge in [0.15, 0.2) is 0 Å². The lowest BCUT2D eigenvalue weighted by atomic mass is 10.1. The van der Waals surface area contributed by atoms with E-state index in [1.807, 2.05) is 31.2 Å². The van der Waals surface area contributed by atoms with E-state index in [2.05, 4.69) is 10.3 Å². The molecule has 0 fully saturated rings. The van der Waals surface area contributed by atoms with E-state index in [0.29, 0.717) is 12.1 Å². The van der Waals surface area contributed by atoms with Gasteiger partial charge in [-0.1, -0.05) is 12.1 Å². The SMILES string of the molecule is COc1cccc(CC(C)NC(=O)c2ccc(C(=O)O)c(C)n2)c1. The highest BCUT2D eigenvalue weighted by Crippen LogP contribution is 2.14. The minimum Gasteiger partial charge on any atom is -0.497 e. The molecule has 1 amide bonds. The molecule has 0 saturated heterocycles. The lowest BCUT2D eigenvalue weighted by Gasteiger charge is -2.14. The Labute approximate surface area is 140 Å². The van der Waals surface area contributed by atoms with Crippen LogP contribution >= 0.6 is 0 Å². The fourth-order valence-corrected chi connectivity index (χ4v) is 2.42. The molecule has 0 spiro atoms. The Morgan fingerprint density at radius 2 is 2.04 bits per heavy atom. The van der Waals surface area contributed by atoms with Gasteiger partial charge in [0.25, 0.3) is 5.91 Å². The van der Waals surface area contributed by atoms with E-state index in [1.54, 1.807) is 14.0 Å². The molecule has 0 saturated carbocycles. The summed E-state index contributed by atoms with van der Waals surface area (Å²) in [5.74, 6) is -0.614. The predicted molar refractivity (Wildman–Crippen MR) is 89.6 cm³/mol. The summed E-state index contributed by atoms with van der Waals surface area (Å²) >= 11 is 0. The van der Waals surface area contributed by atoms with E-state index in [9.17, 15) is 9.59 Å². The largest absolute Gasteiger partial charge is 0.497 e. The Morgan fingerprint density at radius 3 is 2.67 bits per heavy atom. The summed E-state index contributed by atoms with van der Waals surface area (Å²) in [6.07, 6.45) is 0.648. The highest BCUT2D eigenvalue weighted by atomic mass is 16.5. The van der Waals surface area contributed by atoms with Crippen LogP contribution in [0.4, 0.5) is 0 Å². The maximum absolute atomic E-state index is 12.3. The molecular weight excluding hydrogens is 308 g/mol. The van der Waals surface area contributed by atoms with Gasteiger partial charge in [-0.25, -0.2) is 9.78 Å². The summed E-state index contributed by atoms with van der Waals surface area (Å²) in [6.45, 7) is 3.47. The van der Waals surface area contributed by atoms with Crippen molar-refractivity contribution >= 4 is 11.9 Å². The maximum Gasteiger partial charge on any atom is 0.337 e. The minimum absolute atomic E-state index is 0.0935. The van der Waals surface area contributed by atoms with Crippen molar-refractivity contribution in [3.05, 3.63) is 58.9 Å². The first-order valence-electron chi connectivity index (χ1n) is 7.55. The van der Waals surface area contributed by atoms with Gasteiger partial charge in [0.05, 0.1) is 18.4 Å². The summed E-state index contributed by atoms with van der Waals surface area (Å²) in [5, 5.41) is 11.9. The summed E-state index contributed by atoms with van der Waals surface area (Å²) in [5.41, 5.74) is 1.66. The standard InChI is InChI=1S/C18H20N2O4/c1-11(9-13-5-4-6-14(10-13)24-3)19-17(21)16-8-7-15(18(22)23)12(2)20-16/h4-8,10-11H,9H2,1-3H3,(H,19,21)(H,22,23). The Hall–Kier alpha value is -2.89. The quantitative estimate of drug-likeness (QED) is 0.850. The van der Waals surface area contributed by atoms with Gasteiger partial charge < -0.3 is 15.2 Å². The average molecular weight is 328 g/mol. The van der Waals surface area contributed by atoms with Crippen LogP contribution in [0, 0.1) is 6.92 Å². The molecule has 2 N–H and O–H groups in total. The fraction of sp³-hybridized carbons (Fsp3) is 0.278. The van der Waals surface area contributed by atoms with Crippen molar-refractivity contribution in [1.29, 1.82) is 0 Å². The first-order chi connectivity index (χ1) is 11.4. The van der Waals surface area contributed by atoms with Gasteiger partial charge in [-0.15, -0.1) is 0 Å². The van der Waals surface area contributed by atoms with E-state index in [4.69, 9.17) is 9.84 Å². The number of nitrogens with zero attached hydrogens (tertiary/aromatic N) is 1. The highest BCUT2D eigenvalue weighted by Gasteiger charge is 2.15. The van der Waals surface area contributed by atoms with Crippen molar-refractivity contribution in [2.75, 3.05) is 7.11 Å². The number of carboxylic acids is 1. The number of amides is 1. The topological polar surface area (TPSA) is 88.5 Å². The zero-order chi connectivity index (χ0) is 17.7. The van der Waals surface area contributed by atoms with Crippen molar-refractivity contribution in [1.82, 2.24) is 10.3 Å². The number of carboxylic acid groups (broad SMARTS) is 1. The fourth-order valence-electron chi connectivity index (χ4n) is 2.42. The number of carbonyl (C=O) groups is 2. The number of nitrogens with one attached hydrogen (secondary N) is 1. The molecule has 2 aromatic rings. The van der Waals surface area contributed by atoms with Crippen LogP contribution < -0.4 is 10.1 Å². The minimum atomic E-state index is -1.06. The summed E-state index contributed by atoms with van der Waals surface area (Å²) in [6, 6.07) is 10.4. The lowest BCUT2D eigenvalue weighted by Crippen LogP contribution is -2.34. The normalized spacial score (nSPS) is 11.6. The van der Waals surface area contributed by atoms with Crippen LogP contribution in [0.3, 0.4) is 0 Å². The van der Waals surface area contributed by atoms with Crippen LogP contribution in [0.25, 0.3) is 0 Å². The van der Waals surface area contributed by atoms with Gasteiger partial charge in [0.2, 0.25) is 0 Å². The molecule has 6 nitrogen and oxygen atoms in total. The van der Waals surface area contributed by atoms with E-state index < -0.39 is 5.97 Å². The van der Waals surface area contributed by atoms with E-state index in [0.717, 1.165) is 11.3 Å². The third kappa shape index (κ3) is 4.32. The van der Waals surface area contributed by atoms with Crippen LogP contribution in [0.2, 0.25) is 0 Å². The van der Waals surface area contributed by atoms with Crippen molar-refractivity contribution in [2.24, 2.45) is 0 Å². The average Bonchev–Trinajstić information content (AvgIpc) is 2.54. The van der Waals surface area contributed by atoms with Gasteiger partial charge in [0.1, 0.15) is 11.4 Å². The monoisotopic (exact) mass is 328 g/mol. The van der Waals surface area contributed by atoms with Crippen molar-refractivity contribution < 1.29 is 19.4 Å². The zero-order valence-electron chi connectivity index (χ0n) is 13.9. The second-order valence-electron chi connectivity index (χ2n) is 5.56. The summed E-state index contributed by atoms with van der Waals surface area (Å²) in [7, 11) is 1.61. The molecular formula is C18H20N2O4. The summed E-state index contributed by atoms with van der Waals surface area (Å²) < 4.78 is 5.19. The number of rotatable bonds is 6. The van der Waals surface area contributed by atoms with Crippen molar-refractivity contribution in [3.63, 3.8) is 0 Å². The number of carbonyl (C=O) groups excluding carboxylic acids is 1. The molecule has 1 aromatic carbocycles. The zero-order valence-corrected chi connectivity index (χ0v) is 13.9. The molecule has 126 valence electrons. The molecule has 2 rings (SSSR count). The Morgan fingerprint density at radius 1 is 1.29 bits per heavy atom. The van der Waals surface area contributed by atoms with Gasteiger partial charge in [-0.05, 0) is 50.1 Å². The molecule has 1 aromatic heterocycles. The first-order valence-corrected chi connectivity index (χ1v) is 7.55. The van der Waals surface area contributed by atoms with Gasteiger partial charge in [-0.3, -0.25) is 4.79 Å². The molecule has 0 aliphatic heterocycles. The maximum atomic E-state index is 12.3. The van der Waals surface area contributed by atoms with Crippen LogP contribution in [-0.4, -0.2) is 35.1 Å². The molecule has 1 heterocycles. The van der Waals surface area contributed by atoms with Crippen LogP contribution in [0.5, 0.6) is 5.75 Å². The Balaban J connectivity index is 2.03. The van der Waals surface area contributed by atoms with Gasteiger partial charge >= 0.3 is 5.97 Å². The smallest absolute Gasteiger partial charge is 0.337 e. The second-order valence-corrected chi connectivity index (χ2v) is 5.56. The predicted octanol–water partition coefficient (Wildman–Crippen LogP) is 2.46. The van der Waals surface area contributed by atoms with E-state index in [1.165, 1.54) is 12.1 Å². The number of pyridine rings is 1. The summed E-state index contributed by atoms with van der Waals surface area (Å²) in [4.78, 5) is 27.3. The third-order valence-corrected chi connectivity index (χ3v) is 3.60.